The molecule has 2 aromatic rings. The van der Waals surface area contributed by atoms with Gasteiger partial charge >= 0.3 is 0 Å². The second kappa shape index (κ2) is 5.51. The van der Waals surface area contributed by atoms with Gasteiger partial charge in [0.1, 0.15) is 6.54 Å². The number of nitrogens with one attached hydrogen (secondary N) is 1. The van der Waals surface area contributed by atoms with E-state index < -0.39 is 0 Å². The zero-order valence-corrected chi connectivity index (χ0v) is 10.2. The van der Waals surface area contributed by atoms with Gasteiger partial charge < -0.3 is 9.88 Å². The standard InChI is InChI=1S/C13H11ClN2O2/c14-10-4-6-11(7-5-10)15-12(17)9-16-8-2-1-3-13(16)18/h1-8H,9H2,(H,15,17). The summed E-state index contributed by atoms with van der Waals surface area (Å²) >= 11 is 5.74. The molecule has 1 heterocycles. The molecule has 1 amide bonds. The molecule has 2 rings (SSSR count). The summed E-state index contributed by atoms with van der Waals surface area (Å²) in [6.07, 6.45) is 1.57. The van der Waals surface area contributed by atoms with Crippen LogP contribution in [0.4, 0.5) is 5.69 Å². The summed E-state index contributed by atoms with van der Waals surface area (Å²) < 4.78 is 1.34. The van der Waals surface area contributed by atoms with Crippen molar-refractivity contribution in [2.45, 2.75) is 6.54 Å². The van der Waals surface area contributed by atoms with Crippen LogP contribution in [0.3, 0.4) is 0 Å². The number of hydrogen-bond acceptors (Lipinski definition) is 2. The van der Waals surface area contributed by atoms with Crippen molar-refractivity contribution in [2.24, 2.45) is 0 Å². The highest BCUT2D eigenvalue weighted by Gasteiger charge is 2.04. The van der Waals surface area contributed by atoms with E-state index in [4.69, 9.17) is 11.6 Å². The summed E-state index contributed by atoms with van der Waals surface area (Å²) in [4.78, 5) is 23.1. The van der Waals surface area contributed by atoms with E-state index in [0.717, 1.165) is 0 Å². The molecule has 0 aliphatic heterocycles. The molecule has 18 heavy (non-hydrogen) atoms. The van der Waals surface area contributed by atoms with E-state index in [1.54, 1.807) is 42.6 Å². The fourth-order valence-electron chi connectivity index (χ4n) is 1.48. The highest BCUT2D eigenvalue weighted by Crippen LogP contribution is 2.13. The van der Waals surface area contributed by atoms with Gasteiger partial charge in [0, 0.05) is 23.0 Å². The lowest BCUT2D eigenvalue weighted by molar-refractivity contribution is -0.116. The summed E-state index contributed by atoms with van der Waals surface area (Å²) in [5.41, 5.74) is 0.442. The lowest BCUT2D eigenvalue weighted by atomic mass is 10.3. The molecule has 0 aliphatic rings. The van der Waals surface area contributed by atoms with E-state index in [1.807, 2.05) is 0 Å². The third-order valence-corrected chi connectivity index (χ3v) is 2.59. The molecule has 1 aromatic heterocycles. The number of aromatic nitrogens is 1. The first-order chi connectivity index (χ1) is 8.65. The number of rotatable bonds is 3. The first-order valence-corrected chi connectivity index (χ1v) is 5.74. The second-order valence-electron chi connectivity index (χ2n) is 3.72. The molecule has 0 saturated heterocycles. The number of anilines is 1. The second-order valence-corrected chi connectivity index (χ2v) is 4.16. The molecule has 0 atom stereocenters. The van der Waals surface area contributed by atoms with Crippen molar-refractivity contribution in [2.75, 3.05) is 5.32 Å². The maximum atomic E-state index is 11.7. The lowest BCUT2D eigenvalue weighted by Gasteiger charge is -2.06. The minimum Gasteiger partial charge on any atom is -0.325 e. The predicted molar refractivity (Wildman–Crippen MR) is 70.8 cm³/mol. The maximum absolute atomic E-state index is 11.7. The third-order valence-electron chi connectivity index (χ3n) is 2.34. The van der Waals surface area contributed by atoms with Crippen LogP contribution in [0.25, 0.3) is 0 Å². The van der Waals surface area contributed by atoms with Crippen LogP contribution in [0.2, 0.25) is 5.02 Å². The molecule has 0 aliphatic carbocycles. The lowest BCUT2D eigenvalue weighted by Crippen LogP contribution is -2.26. The summed E-state index contributed by atoms with van der Waals surface area (Å²) in [5.74, 6) is -0.259. The van der Waals surface area contributed by atoms with Crippen LogP contribution in [0.5, 0.6) is 0 Å². The van der Waals surface area contributed by atoms with Gasteiger partial charge in [-0.1, -0.05) is 17.7 Å². The van der Waals surface area contributed by atoms with Gasteiger partial charge in [0.25, 0.3) is 5.56 Å². The Morgan fingerprint density at radius 3 is 2.56 bits per heavy atom. The summed E-state index contributed by atoms with van der Waals surface area (Å²) in [7, 11) is 0. The molecule has 5 heteroatoms. The number of carbonyl (C=O) groups excluding carboxylic acids is 1. The highest BCUT2D eigenvalue weighted by atomic mass is 35.5. The molecule has 92 valence electrons. The van der Waals surface area contributed by atoms with Crippen LogP contribution < -0.4 is 10.9 Å². The Morgan fingerprint density at radius 1 is 1.17 bits per heavy atom. The Labute approximate surface area is 109 Å². The van der Waals surface area contributed by atoms with Crippen LogP contribution in [-0.4, -0.2) is 10.5 Å². The van der Waals surface area contributed by atoms with Gasteiger partial charge in [0.05, 0.1) is 0 Å². The van der Waals surface area contributed by atoms with Crippen molar-refractivity contribution in [1.82, 2.24) is 4.57 Å². The highest BCUT2D eigenvalue weighted by molar-refractivity contribution is 6.30. The van der Waals surface area contributed by atoms with E-state index in [1.165, 1.54) is 10.6 Å². The Kier molecular flexibility index (Phi) is 3.79. The Bertz CT molecular complexity index is 605. The first kappa shape index (κ1) is 12.4. The van der Waals surface area contributed by atoms with Gasteiger partial charge in [-0.2, -0.15) is 0 Å². The number of nitrogens with zero attached hydrogens (tertiary/aromatic N) is 1. The summed E-state index contributed by atoms with van der Waals surface area (Å²) in [5, 5.41) is 3.29. The fraction of sp³-hybridized carbons (Fsp3) is 0.0769. The largest absolute Gasteiger partial charge is 0.325 e. The molecule has 0 fully saturated rings. The zero-order valence-electron chi connectivity index (χ0n) is 9.47. The minimum absolute atomic E-state index is 0.0116. The van der Waals surface area contributed by atoms with Gasteiger partial charge in [-0.3, -0.25) is 9.59 Å². The molecule has 1 aromatic carbocycles. The molecule has 0 bridgehead atoms. The van der Waals surface area contributed by atoms with Crippen molar-refractivity contribution in [1.29, 1.82) is 0 Å². The number of amides is 1. The van der Waals surface area contributed by atoms with E-state index in [9.17, 15) is 9.59 Å². The molecular formula is C13H11ClN2O2. The Morgan fingerprint density at radius 2 is 1.89 bits per heavy atom. The molecule has 0 spiro atoms. The first-order valence-electron chi connectivity index (χ1n) is 5.36. The topological polar surface area (TPSA) is 51.1 Å². The van der Waals surface area contributed by atoms with Crippen LogP contribution in [-0.2, 0) is 11.3 Å². The zero-order chi connectivity index (χ0) is 13.0. The van der Waals surface area contributed by atoms with Crippen molar-refractivity contribution < 1.29 is 4.79 Å². The number of benzene rings is 1. The van der Waals surface area contributed by atoms with E-state index >= 15 is 0 Å². The number of pyridine rings is 1. The van der Waals surface area contributed by atoms with Gasteiger partial charge in [-0.25, -0.2) is 0 Å². The average Bonchev–Trinajstić information content (AvgIpc) is 2.35. The summed E-state index contributed by atoms with van der Waals surface area (Å²) in [6.45, 7) is -0.0116. The van der Waals surface area contributed by atoms with Crippen molar-refractivity contribution in [3.8, 4) is 0 Å². The van der Waals surface area contributed by atoms with E-state index in [2.05, 4.69) is 5.32 Å². The quantitative estimate of drug-likeness (QED) is 0.921. The molecule has 0 unspecified atom stereocenters. The normalized spacial score (nSPS) is 10.1. The molecule has 1 N–H and O–H groups in total. The molecule has 4 nitrogen and oxygen atoms in total. The Hall–Kier alpha value is -2.07. The van der Waals surface area contributed by atoms with Crippen LogP contribution >= 0.6 is 11.6 Å². The average molecular weight is 263 g/mol. The van der Waals surface area contributed by atoms with Gasteiger partial charge in [0.15, 0.2) is 0 Å². The SMILES string of the molecule is O=C(Cn1ccccc1=O)Nc1ccc(Cl)cc1. The maximum Gasteiger partial charge on any atom is 0.250 e. The van der Waals surface area contributed by atoms with Crippen LogP contribution in [0.1, 0.15) is 0 Å². The number of hydrogen-bond donors (Lipinski definition) is 1. The Balaban J connectivity index is 2.03. The number of carbonyl (C=O) groups is 1. The molecule has 0 radical (unpaired) electrons. The number of halogens is 1. The van der Waals surface area contributed by atoms with Gasteiger partial charge in [-0.15, -0.1) is 0 Å². The minimum atomic E-state index is -0.259. The predicted octanol–water partition coefficient (Wildman–Crippen LogP) is 2.14. The van der Waals surface area contributed by atoms with Gasteiger partial charge in [0.2, 0.25) is 5.91 Å². The van der Waals surface area contributed by atoms with Gasteiger partial charge in [-0.05, 0) is 30.3 Å². The van der Waals surface area contributed by atoms with Crippen molar-refractivity contribution >= 4 is 23.2 Å². The van der Waals surface area contributed by atoms with Crippen molar-refractivity contribution in [3.05, 3.63) is 64.0 Å². The van der Waals surface area contributed by atoms with Crippen LogP contribution in [0, 0.1) is 0 Å². The fourth-order valence-corrected chi connectivity index (χ4v) is 1.61. The monoisotopic (exact) mass is 262 g/mol. The molecule has 0 saturated carbocycles. The van der Waals surface area contributed by atoms with E-state index in [0.29, 0.717) is 10.7 Å². The van der Waals surface area contributed by atoms with E-state index in [-0.39, 0.29) is 18.0 Å². The van der Waals surface area contributed by atoms with Crippen LogP contribution in [0.15, 0.2) is 53.5 Å². The smallest absolute Gasteiger partial charge is 0.250 e. The molecular weight excluding hydrogens is 252 g/mol. The van der Waals surface area contributed by atoms with Crippen molar-refractivity contribution in [3.63, 3.8) is 0 Å². The third kappa shape index (κ3) is 3.21. The summed E-state index contributed by atoms with van der Waals surface area (Å²) in [6, 6.07) is 11.5.